The van der Waals surface area contributed by atoms with Crippen molar-refractivity contribution in [2.75, 3.05) is 18.5 Å². The van der Waals surface area contributed by atoms with E-state index in [9.17, 15) is 13.6 Å². The molecular formula is C9H10ClF2N3O2. The average molecular weight is 266 g/mol. The van der Waals surface area contributed by atoms with Crippen molar-refractivity contribution in [1.82, 2.24) is 9.97 Å². The largest absolute Gasteiger partial charge is 0.375 e. The van der Waals surface area contributed by atoms with Crippen molar-refractivity contribution < 1.29 is 18.3 Å². The van der Waals surface area contributed by atoms with E-state index >= 15 is 0 Å². The second kappa shape index (κ2) is 7.08. The number of nitrogens with zero attached hydrogens (tertiary/aromatic N) is 2. The molecule has 0 fully saturated rings. The standard InChI is InChI=1S/C9H10ClF2N3O2/c10-6-1-3-13-9(14-6)15-8(16)2-4-17-5-7(11)12/h1,3,7H,2,4-5H2,(H,13,14,15,16). The molecule has 0 radical (unpaired) electrons. The number of carbonyl (C=O) groups is 1. The summed E-state index contributed by atoms with van der Waals surface area (Å²) in [4.78, 5) is 18.7. The number of hydrogen-bond donors (Lipinski definition) is 1. The average Bonchev–Trinajstić information content (AvgIpc) is 2.24. The van der Waals surface area contributed by atoms with Crippen molar-refractivity contribution in [1.29, 1.82) is 0 Å². The molecule has 0 bridgehead atoms. The highest BCUT2D eigenvalue weighted by molar-refractivity contribution is 6.29. The predicted octanol–water partition coefficient (Wildman–Crippen LogP) is 1.74. The first-order chi connectivity index (χ1) is 8.08. The summed E-state index contributed by atoms with van der Waals surface area (Å²) >= 11 is 5.58. The molecule has 1 aromatic rings. The Bertz CT molecular complexity index is 379. The Labute approximate surface area is 101 Å². The van der Waals surface area contributed by atoms with Gasteiger partial charge in [0.2, 0.25) is 11.9 Å². The SMILES string of the molecule is O=C(CCOCC(F)F)Nc1nccc(Cl)n1. The van der Waals surface area contributed by atoms with Crippen LogP contribution in [0.2, 0.25) is 5.15 Å². The highest BCUT2D eigenvalue weighted by atomic mass is 35.5. The van der Waals surface area contributed by atoms with Gasteiger partial charge in [-0.15, -0.1) is 0 Å². The Balaban J connectivity index is 2.25. The van der Waals surface area contributed by atoms with Gasteiger partial charge in [0.05, 0.1) is 13.0 Å². The summed E-state index contributed by atoms with van der Waals surface area (Å²) in [5, 5.41) is 2.56. The molecular weight excluding hydrogens is 256 g/mol. The van der Waals surface area contributed by atoms with Crippen molar-refractivity contribution in [2.45, 2.75) is 12.8 Å². The number of rotatable bonds is 6. The molecule has 1 aromatic heterocycles. The molecule has 0 aliphatic carbocycles. The lowest BCUT2D eigenvalue weighted by Crippen LogP contribution is -2.17. The van der Waals surface area contributed by atoms with E-state index in [4.69, 9.17) is 11.6 Å². The van der Waals surface area contributed by atoms with Crippen molar-refractivity contribution >= 4 is 23.5 Å². The van der Waals surface area contributed by atoms with E-state index < -0.39 is 18.9 Å². The number of alkyl halides is 2. The van der Waals surface area contributed by atoms with Crippen LogP contribution in [0.3, 0.4) is 0 Å². The maximum Gasteiger partial charge on any atom is 0.261 e. The summed E-state index contributed by atoms with van der Waals surface area (Å²) in [6.45, 7) is -0.766. The van der Waals surface area contributed by atoms with Gasteiger partial charge < -0.3 is 4.74 Å². The molecule has 1 N–H and O–H groups in total. The minimum atomic E-state index is -2.53. The molecule has 0 aromatic carbocycles. The maximum atomic E-state index is 11.7. The van der Waals surface area contributed by atoms with E-state index in [1.165, 1.54) is 12.3 Å². The molecule has 8 heteroatoms. The van der Waals surface area contributed by atoms with Gasteiger partial charge in [0.25, 0.3) is 6.43 Å². The Morgan fingerprint density at radius 1 is 1.59 bits per heavy atom. The van der Waals surface area contributed by atoms with Crippen LogP contribution in [0.1, 0.15) is 6.42 Å². The molecule has 0 saturated heterocycles. The van der Waals surface area contributed by atoms with Crippen LogP contribution < -0.4 is 5.32 Å². The minimum absolute atomic E-state index is 0.0530. The van der Waals surface area contributed by atoms with Crippen LogP contribution in [0.25, 0.3) is 0 Å². The lowest BCUT2D eigenvalue weighted by atomic mass is 10.4. The van der Waals surface area contributed by atoms with E-state index in [0.29, 0.717) is 0 Å². The highest BCUT2D eigenvalue weighted by Crippen LogP contribution is 2.05. The van der Waals surface area contributed by atoms with Gasteiger partial charge in [-0.05, 0) is 6.07 Å². The Hall–Kier alpha value is -1.34. The molecule has 0 atom stereocenters. The number of nitrogens with one attached hydrogen (secondary N) is 1. The topological polar surface area (TPSA) is 64.1 Å². The number of carbonyl (C=O) groups excluding carboxylic acids is 1. The van der Waals surface area contributed by atoms with Crippen molar-refractivity contribution in [2.24, 2.45) is 0 Å². The van der Waals surface area contributed by atoms with Crippen LogP contribution in [0.15, 0.2) is 12.3 Å². The van der Waals surface area contributed by atoms with E-state index in [1.54, 1.807) is 0 Å². The molecule has 1 amide bonds. The van der Waals surface area contributed by atoms with Crippen molar-refractivity contribution in [3.05, 3.63) is 17.4 Å². The third-order valence-electron chi connectivity index (χ3n) is 1.59. The van der Waals surface area contributed by atoms with Gasteiger partial charge in [0.1, 0.15) is 11.8 Å². The number of hydrogen-bond acceptors (Lipinski definition) is 4. The number of anilines is 1. The van der Waals surface area contributed by atoms with Crippen LogP contribution in [0.4, 0.5) is 14.7 Å². The van der Waals surface area contributed by atoms with Gasteiger partial charge in [-0.1, -0.05) is 11.6 Å². The summed E-state index contributed by atoms with van der Waals surface area (Å²) in [6, 6.07) is 1.46. The zero-order valence-corrected chi connectivity index (χ0v) is 9.45. The van der Waals surface area contributed by atoms with Crippen LogP contribution in [-0.4, -0.2) is 35.5 Å². The summed E-state index contributed by atoms with van der Waals surface area (Å²) in [5.41, 5.74) is 0. The smallest absolute Gasteiger partial charge is 0.261 e. The fourth-order valence-corrected chi connectivity index (χ4v) is 1.06. The van der Waals surface area contributed by atoms with Gasteiger partial charge >= 0.3 is 0 Å². The van der Waals surface area contributed by atoms with Crippen LogP contribution in [0, 0.1) is 0 Å². The Kier molecular flexibility index (Phi) is 5.71. The first kappa shape index (κ1) is 13.7. The molecule has 5 nitrogen and oxygen atoms in total. The van der Waals surface area contributed by atoms with E-state index in [0.717, 1.165) is 0 Å². The molecule has 17 heavy (non-hydrogen) atoms. The second-order valence-corrected chi connectivity index (χ2v) is 3.35. The fraction of sp³-hybridized carbons (Fsp3) is 0.444. The normalized spacial score (nSPS) is 10.6. The predicted molar refractivity (Wildman–Crippen MR) is 57.1 cm³/mol. The summed E-state index contributed by atoms with van der Waals surface area (Å²) < 4.78 is 27.9. The Morgan fingerprint density at radius 2 is 2.35 bits per heavy atom. The zero-order valence-electron chi connectivity index (χ0n) is 8.70. The van der Waals surface area contributed by atoms with E-state index in [1.807, 2.05) is 0 Å². The minimum Gasteiger partial charge on any atom is -0.375 e. The number of aromatic nitrogens is 2. The second-order valence-electron chi connectivity index (χ2n) is 2.97. The fourth-order valence-electron chi connectivity index (χ4n) is 0.921. The third kappa shape index (κ3) is 6.08. The number of ether oxygens (including phenoxy) is 1. The molecule has 0 aliphatic rings. The first-order valence-electron chi connectivity index (χ1n) is 4.72. The molecule has 1 heterocycles. The Morgan fingerprint density at radius 3 is 3.00 bits per heavy atom. The van der Waals surface area contributed by atoms with Crippen LogP contribution in [-0.2, 0) is 9.53 Å². The van der Waals surface area contributed by atoms with E-state index in [-0.39, 0.29) is 24.1 Å². The first-order valence-corrected chi connectivity index (χ1v) is 5.10. The molecule has 1 rings (SSSR count). The summed E-state index contributed by atoms with van der Waals surface area (Å²) in [5.74, 6) is -0.363. The molecule has 0 unspecified atom stereocenters. The quantitative estimate of drug-likeness (QED) is 0.629. The zero-order chi connectivity index (χ0) is 12.7. The van der Waals surface area contributed by atoms with Crippen LogP contribution in [0.5, 0.6) is 0 Å². The summed E-state index contributed by atoms with van der Waals surface area (Å²) in [6.07, 6.45) is -1.20. The molecule has 94 valence electrons. The maximum absolute atomic E-state index is 11.7. The van der Waals surface area contributed by atoms with E-state index in [2.05, 4.69) is 20.0 Å². The third-order valence-corrected chi connectivity index (χ3v) is 1.80. The van der Waals surface area contributed by atoms with Gasteiger partial charge in [-0.2, -0.15) is 0 Å². The van der Waals surface area contributed by atoms with Gasteiger partial charge in [-0.25, -0.2) is 18.7 Å². The summed E-state index contributed by atoms with van der Waals surface area (Å²) in [7, 11) is 0. The van der Waals surface area contributed by atoms with Gasteiger partial charge in [0.15, 0.2) is 0 Å². The van der Waals surface area contributed by atoms with Crippen molar-refractivity contribution in [3.8, 4) is 0 Å². The molecule has 0 spiro atoms. The van der Waals surface area contributed by atoms with Crippen molar-refractivity contribution in [3.63, 3.8) is 0 Å². The molecule has 0 aliphatic heterocycles. The monoisotopic (exact) mass is 265 g/mol. The lowest BCUT2D eigenvalue weighted by molar-refractivity contribution is -0.117. The van der Waals surface area contributed by atoms with Crippen LogP contribution >= 0.6 is 11.6 Å². The number of amides is 1. The molecule has 0 saturated carbocycles. The number of halogens is 3. The lowest BCUT2D eigenvalue weighted by Gasteiger charge is -2.04. The highest BCUT2D eigenvalue weighted by Gasteiger charge is 2.06. The van der Waals surface area contributed by atoms with Gasteiger partial charge in [0, 0.05) is 6.20 Å². The van der Waals surface area contributed by atoms with Gasteiger partial charge in [-0.3, -0.25) is 10.1 Å².